The normalized spacial score (nSPS) is 22.9. The number of rotatable bonds is 7. The molecule has 0 aliphatic carbocycles. The Morgan fingerprint density at radius 3 is 2.52 bits per heavy atom. The predicted octanol–water partition coefficient (Wildman–Crippen LogP) is 3.36. The molecule has 0 saturated carbocycles. The smallest absolute Gasteiger partial charge is 0.151 e. The van der Waals surface area contributed by atoms with E-state index in [0.29, 0.717) is 37.8 Å². The molecule has 2 rings (SSSR count). The first kappa shape index (κ1) is 21.2. The van der Waals surface area contributed by atoms with Gasteiger partial charge < -0.3 is 15.3 Å². The molecule has 0 radical (unpaired) electrons. The zero-order valence-corrected chi connectivity index (χ0v) is 15.6. The van der Waals surface area contributed by atoms with Gasteiger partial charge in [-0.3, -0.25) is 9.98 Å². The topological polar surface area (TPSA) is 85.4 Å². The van der Waals surface area contributed by atoms with Gasteiger partial charge in [0.25, 0.3) is 0 Å². The molecule has 0 aromatic heterocycles. The number of unbranched alkanes of at least 4 members (excludes halogenated alkanes) is 1. The molecule has 0 fully saturated rings. The molecule has 1 aliphatic rings. The Balaban J connectivity index is 2.31. The number of aliphatic imine (C=N–C) groups is 2. The number of halogens is 1. The number of nitrogens with zero attached hydrogens (tertiary/aromatic N) is 2. The van der Waals surface area contributed by atoms with Gasteiger partial charge in [-0.05, 0) is 56.4 Å². The Kier molecular flexibility index (Phi) is 8.03. The maximum absolute atomic E-state index is 13.3. The summed E-state index contributed by atoms with van der Waals surface area (Å²) in [6, 6.07) is 6.11. The van der Waals surface area contributed by atoms with E-state index in [9.17, 15) is 9.50 Å². The van der Waals surface area contributed by atoms with E-state index in [1.807, 2.05) is 19.1 Å². The summed E-state index contributed by atoms with van der Waals surface area (Å²) < 4.78 is 13.3. The van der Waals surface area contributed by atoms with Crippen molar-refractivity contribution in [3.8, 4) is 0 Å². The summed E-state index contributed by atoms with van der Waals surface area (Å²) in [6.07, 6.45) is 8.72. The minimum Gasteiger partial charge on any atom is -0.395 e. The number of aliphatic hydroxyl groups is 3. The molecule has 0 amide bonds. The van der Waals surface area contributed by atoms with Crippen molar-refractivity contribution in [1.82, 2.24) is 0 Å². The highest BCUT2D eigenvalue weighted by atomic mass is 19.1. The summed E-state index contributed by atoms with van der Waals surface area (Å²) in [5.41, 5.74) is 1.75. The second kappa shape index (κ2) is 10.3. The molecule has 27 heavy (non-hydrogen) atoms. The highest BCUT2D eigenvalue weighted by Crippen LogP contribution is 2.24. The predicted molar refractivity (Wildman–Crippen MR) is 105 cm³/mol. The van der Waals surface area contributed by atoms with Gasteiger partial charge in [0.05, 0.1) is 18.0 Å². The van der Waals surface area contributed by atoms with Crippen molar-refractivity contribution < 1.29 is 19.7 Å². The maximum Gasteiger partial charge on any atom is 0.151 e. The molecule has 146 valence electrons. The molecule has 1 heterocycles. The van der Waals surface area contributed by atoms with Crippen LogP contribution >= 0.6 is 0 Å². The molecule has 1 aliphatic heterocycles. The Bertz CT molecular complexity index is 723. The molecule has 1 unspecified atom stereocenters. The van der Waals surface area contributed by atoms with E-state index in [1.54, 1.807) is 24.5 Å². The molecule has 0 saturated heterocycles. The van der Waals surface area contributed by atoms with Crippen LogP contribution in [0.5, 0.6) is 0 Å². The lowest BCUT2D eigenvalue weighted by Gasteiger charge is -2.21. The van der Waals surface area contributed by atoms with Crippen LogP contribution in [-0.2, 0) is 0 Å². The van der Waals surface area contributed by atoms with Gasteiger partial charge in [0.2, 0.25) is 0 Å². The SMILES string of the molecule is CC1(CO)/C=C/N=C(CCCCC(O)O)C(c2ccc(F)cc2)=N/C=C/C1. The van der Waals surface area contributed by atoms with E-state index in [0.717, 1.165) is 11.3 Å². The highest BCUT2D eigenvalue weighted by Gasteiger charge is 2.19. The summed E-state index contributed by atoms with van der Waals surface area (Å²) in [5.74, 6) is -0.316. The summed E-state index contributed by atoms with van der Waals surface area (Å²) >= 11 is 0. The molecular weight excluding hydrogens is 347 g/mol. The first-order valence-electron chi connectivity index (χ1n) is 9.14. The monoisotopic (exact) mass is 374 g/mol. The fraction of sp³-hybridized carbons (Fsp3) is 0.429. The second-order valence-corrected chi connectivity index (χ2v) is 7.00. The van der Waals surface area contributed by atoms with Crippen molar-refractivity contribution in [2.45, 2.75) is 45.3 Å². The van der Waals surface area contributed by atoms with Crippen molar-refractivity contribution in [1.29, 1.82) is 0 Å². The quantitative estimate of drug-likeness (QED) is 0.505. The lowest BCUT2D eigenvalue weighted by Crippen LogP contribution is -2.19. The first-order chi connectivity index (χ1) is 12.9. The molecule has 6 heteroatoms. The van der Waals surface area contributed by atoms with E-state index in [4.69, 9.17) is 10.2 Å². The van der Waals surface area contributed by atoms with Crippen molar-refractivity contribution in [2.24, 2.45) is 15.4 Å². The van der Waals surface area contributed by atoms with E-state index in [2.05, 4.69) is 9.98 Å². The minimum absolute atomic E-state index is 0.00160. The largest absolute Gasteiger partial charge is 0.395 e. The lowest BCUT2D eigenvalue weighted by molar-refractivity contribution is -0.0464. The van der Waals surface area contributed by atoms with Gasteiger partial charge >= 0.3 is 0 Å². The lowest BCUT2D eigenvalue weighted by atomic mass is 9.88. The third kappa shape index (κ3) is 6.82. The summed E-state index contributed by atoms with van der Waals surface area (Å²) in [6.45, 7) is 1.94. The fourth-order valence-corrected chi connectivity index (χ4v) is 2.73. The molecule has 1 aromatic rings. The van der Waals surface area contributed by atoms with E-state index in [1.165, 1.54) is 12.1 Å². The van der Waals surface area contributed by atoms with Gasteiger partial charge in [0, 0.05) is 23.4 Å². The number of allylic oxidation sites excluding steroid dienone is 1. The number of hydrogen-bond acceptors (Lipinski definition) is 5. The Labute approximate surface area is 159 Å². The average Bonchev–Trinajstić information content (AvgIpc) is 2.65. The third-order valence-corrected chi connectivity index (χ3v) is 4.48. The molecular formula is C21H27FN2O3. The van der Waals surface area contributed by atoms with E-state index in [-0.39, 0.29) is 12.4 Å². The van der Waals surface area contributed by atoms with Crippen LogP contribution in [0.3, 0.4) is 0 Å². The summed E-state index contributed by atoms with van der Waals surface area (Å²) in [5, 5.41) is 27.6. The van der Waals surface area contributed by atoms with Gasteiger partial charge in [-0.2, -0.15) is 0 Å². The molecule has 0 bridgehead atoms. The van der Waals surface area contributed by atoms with E-state index < -0.39 is 11.7 Å². The molecule has 5 nitrogen and oxygen atoms in total. The maximum atomic E-state index is 13.3. The fourth-order valence-electron chi connectivity index (χ4n) is 2.73. The molecule has 3 N–H and O–H groups in total. The van der Waals surface area contributed by atoms with Crippen LogP contribution < -0.4 is 0 Å². The zero-order chi connectivity index (χ0) is 19.7. The van der Waals surface area contributed by atoms with E-state index >= 15 is 0 Å². The van der Waals surface area contributed by atoms with Crippen LogP contribution in [0, 0.1) is 11.2 Å². The van der Waals surface area contributed by atoms with Crippen LogP contribution in [0.25, 0.3) is 0 Å². The van der Waals surface area contributed by atoms with Crippen LogP contribution in [0.15, 0.2) is 58.8 Å². The highest BCUT2D eigenvalue weighted by molar-refractivity contribution is 6.48. The van der Waals surface area contributed by atoms with Crippen LogP contribution in [-0.4, -0.2) is 39.6 Å². The standard InChI is InChI=1S/C21H27FN2O3/c1-21(15-25)11-4-13-24-20(16-7-9-17(22)10-8-16)18(23-14-12-21)5-2-3-6-19(26)27/h4,7-10,12-14,19,25-27H,2-3,5-6,11,15H2,1H3/b13-4+,14-12+,23-18?,24-20?. The Hall–Kier alpha value is -2.15. The third-order valence-electron chi connectivity index (χ3n) is 4.48. The zero-order valence-electron chi connectivity index (χ0n) is 15.6. The molecule has 1 aromatic carbocycles. The number of benzene rings is 1. The van der Waals surface area contributed by atoms with Gasteiger partial charge in [-0.25, -0.2) is 4.39 Å². The summed E-state index contributed by atoms with van der Waals surface area (Å²) in [4.78, 5) is 9.12. The van der Waals surface area contributed by atoms with Gasteiger partial charge in [-0.15, -0.1) is 0 Å². The van der Waals surface area contributed by atoms with Crippen molar-refractivity contribution in [3.05, 3.63) is 60.2 Å². The van der Waals surface area contributed by atoms with Gasteiger partial charge in [-0.1, -0.05) is 19.1 Å². The van der Waals surface area contributed by atoms with Crippen molar-refractivity contribution in [3.63, 3.8) is 0 Å². The minimum atomic E-state index is -1.31. The van der Waals surface area contributed by atoms with Gasteiger partial charge in [0.1, 0.15) is 5.82 Å². The number of aliphatic hydroxyl groups excluding tert-OH is 2. The van der Waals surface area contributed by atoms with Crippen LogP contribution in [0.4, 0.5) is 4.39 Å². The molecule has 1 atom stereocenters. The first-order valence-corrected chi connectivity index (χ1v) is 9.14. The van der Waals surface area contributed by atoms with Crippen molar-refractivity contribution in [2.75, 3.05) is 6.61 Å². The Morgan fingerprint density at radius 2 is 1.85 bits per heavy atom. The second-order valence-electron chi connectivity index (χ2n) is 7.00. The Morgan fingerprint density at radius 1 is 1.11 bits per heavy atom. The number of hydrogen-bond donors (Lipinski definition) is 3. The summed E-state index contributed by atoms with van der Waals surface area (Å²) in [7, 11) is 0. The van der Waals surface area contributed by atoms with Gasteiger partial charge in [0.15, 0.2) is 6.29 Å². The average molecular weight is 374 g/mol. The van der Waals surface area contributed by atoms with Crippen LogP contribution in [0.2, 0.25) is 0 Å². The van der Waals surface area contributed by atoms with Crippen LogP contribution in [0.1, 0.15) is 44.6 Å². The van der Waals surface area contributed by atoms with Crippen molar-refractivity contribution >= 4 is 11.4 Å². The molecule has 0 spiro atoms.